The summed E-state index contributed by atoms with van der Waals surface area (Å²) in [6.45, 7) is 5.38. The Morgan fingerprint density at radius 3 is 1.58 bits per heavy atom. The summed E-state index contributed by atoms with van der Waals surface area (Å²) in [4.78, 5) is 33.7. The molecular weight excluding hydrogens is 404 g/mol. The Morgan fingerprint density at radius 2 is 1.23 bits per heavy atom. The van der Waals surface area contributed by atoms with Crippen molar-refractivity contribution < 1.29 is 9.59 Å². The predicted octanol–water partition coefficient (Wildman–Crippen LogP) is 4.27. The van der Waals surface area contributed by atoms with Gasteiger partial charge in [-0.25, -0.2) is 0 Å². The molecule has 0 radical (unpaired) electrons. The van der Waals surface area contributed by atoms with E-state index >= 15 is 0 Å². The summed E-state index contributed by atoms with van der Waals surface area (Å²) in [5, 5.41) is 0.183. The summed E-state index contributed by atoms with van der Waals surface area (Å²) in [6.07, 6.45) is 0. The lowest BCUT2D eigenvalue weighted by Gasteiger charge is -2.28. The highest BCUT2D eigenvalue weighted by Crippen LogP contribution is 2.43. The van der Waals surface area contributed by atoms with Crippen molar-refractivity contribution in [1.29, 1.82) is 0 Å². The number of carbonyl (C=O) groups excluding carboxylic acids is 2. The van der Waals surface area contributed by atoms with Crippen molar-refractivity contribution in [3.63, 3.8) is 0 Å². The molecule has 4 nitrogen and oxygen atoms in total. The molecule has 2 atom stereocenters. The number of nitrogens with zero attached hydrogens (tertiary/aromatic N) is 2. The van der Waals surface area contributed by atoms with Gasteiger partial charge in [-0.2, -0.15) is 0 Å². The van der Waals surface area contributed by atoms with Gasteiger partial charge in [-0.3, -0.25) is 9.59 Å². The van der Waals surface area contributed by atoms with Crippen LogP contribution in [-0.4, -0.2) is 46.2 Å². The minimum Gasteiger partial charge on any atom is -0.323 e. The first kappa shape index (κ1) is 18.4. The zero-order valence-electron chi connectivity index (χ0n) is 14.6. The molecule has 2 amide bonds. The number of thiophene rings is 2. The molecule has 4 rings (SSSR count). The number of hydrogen-bond donors (Lipinski definition) is 0. The highest BCUT2D eigenvalue weighted by atomic mass is 32.2. The predicted molar refractivity (Wildman–Crippen MR) is 112 cm³/mol. The van der Waals surface area contributed by atoms with Gasteiger partial charge in [0.25, 0.3) is 0 Å². The van der Waals surface area contributed by atoms with E-state index in [1.54, 1.807) is 46.2 Å². The second-order valence-electron chi connectivity index (χ2n) is 6.40. The molecule has 0 aliphatic carbocycles. The van der Waals surface area contributed by atoms with Gasteiger partial charge in [-0.15, -0.1) is 46.2 Å². The topological polar surface area (TPSA) is 40.6 Å². The van der Waals surface area contributed by atoms with Crippen molar-refractivity contribution in [1.82, 2.24) is 9.80 Å². The summed E-state index contributed by atoms with van der Waals surface area (Å²) < 4.78 is 0. The highest BCUT2D eigenvalue weighted by molar-refractivity contribution is 8.01. The fourth-order valence-electron chi connectivity index (χ4n) is 3.25. The lowest BCUT2D eigenvalue weighted by atomic mass is 10.3. The maximum absolute atomic E-state index is 12.4. The maximum Gasteiger partial charge on any atom is 0.233 e. The Morgan fingerprint density at radius 1 is 0.808 bits per heavy atom. The van der Waals surface area contributed by atoms with Crippen LogP contribution >= 0.6 is 46.2 Å². The molecule has 2 aliphatic heterocycles. The normalized spacial score (nSPS) is 23.5. The van der Waals surface area contributed by atoms with Gasteiger partial charge in [0.15, 0.2) is 0 Å². The molecule has 2 fully saturated rings. The molecule has 2 aliphatic rings. The number of hydrogen-bond acceptors (Lipinski definition) is 6. The summed E-state index contributed by atoms with van der Waals surface area (Å²) in [5.41, 5.74) is 0. The molecule has 26 heavy (non-hydrogen) atoms. The second-order valence-corrected chi connectivity index (χ2v) is 11.2. The van der Waals surface area contributed by atoms with Gasteiger partial charge < -0.3 is 9.80 Å². The van der Waals surface area contributed by atoms with Gasteiger partial charge in [0.2, 0.25) is 11.8 Å². The van der Waals surface area contributed by atoms with Crippen LogP contribution in [0.15, 0.2) is 24.3 Å². The zero-order chi connectivity index (χ0) is 18.3. The summed E-state index contributed by atoms with van der Waals surface area (Å²) in [6, 6.07) is 8.46. The van der Waals surface area contributed by atoms with Crippen molar-refractivity contribution in [2.75, 3.05) is 24.6 Å². The van der Waals surface area contributed by atoms with E-state index in [9.17, 15) is 9.59 Å². The van der Waals surface area contributed by atoms with Gasteiger partial charge >= 0.3 is 0 Å². The van der Waals surface area contributed by atoms with Crippen LogP contribution in [0.1, 0.15) is 30.3 Å². The molecule has 0 spiro atoms. The Bertz CT molecular complexity index is 763. The van der Waals surface area contributed by atoms with Gasteiger partial charge in [-0.1, -0.05) is 0 Å². The third kappa shape index (κ3) is 3.56. The SMILES string of the molecule is Cc1ccc(C2SCC(=O)N2CCN2C(=O)CSC2c2ccc(C)s2)s1. The number of aryl methyl sites for hydroxylation is 2. The second kappa shape index (κ2) is 7.58. The molecule has 0 aromatic carbocycles. The summed E-state index contributed by atoms with van der Waals surface area (Å²) >= 11 is 6.88. The third-order valence-electron chi connectivity index (χ3n) is 4.53. The van der Waals surface area contributed by atoms with E-state index in [1.807, 2.05) is 9.80 Å². The van der Waals surface area contributed by atoms with Crippen LogP contribution in [0, 0.1) is 13.8 Å². The van der Waals surface area contributed by atoms with Gasteiger partial charge in [0.1, 0.15) is 10.7 Å². The van der Waals surface area contributed by atoms with Gasteiger partial charge in [0, 0.05) is 32.6 Å². The quantitative estimate of drug-likeness (QED) is 0.719. The molecule has 8 heteroatoms. The first-order valence-corrected chi connectivity index (χ1v) is 12.2. The molecule has 2 aromatic rings. The average Bonchev–Trinajstić information content (AvgIpc) is 3.36. The monoisotopic (exact) mass is 424 g/mol. The van der Waals surface area contributed by atoms with E-state index in [0.717, 1.165) is 0 Å². The molecular formula is C18H20N2O2S4. The smallest absolute Gasteiger partial charge is 0.233 e. The standard InChI is InChI=1S/C18H20N2O2S4/c1-11-3-5-13(25-11)17-19(15(21)9-23-17)7-8-20-16(22)10-24-18(20)14-6-4-12(2)26-14/h3-6,17-18H,7-10H2,1-2H3. The molecule has 138 valence electrons. The Hall–Kier alpha value is -0.960. The minimum absolute atomic E-state index is 0.0917. The zero-order valence-corrected chi connectivity index (χ0v) is 17.9. The maximum atomic E-state index is 12.4. The fraction of sp³-hybridized carbons (Fsp3) is 0.444. The molecule has 2 aromatic heterocycles. The van der Waals surface area contributed by atoms with E-state index in [0.29, 0.717) is 24.6 Å². The van der Waals surface area contributed by atoms with Crippen molar-refractivity contribution in [2.24, 2.45) is 0 Å². The van der Waals surface area contributed by atoms with Crippen molar-refractivity contribution >= 4 is 58.0 Å². The largest absolute Gasteiger partial charge is 0.323 e. The molecule has 0 saturated carbocycles. The van der Waals surface area contributed by atoms with Crippen LogP contribution in [0.3, 0.4) is 0 Å². The number of rotatable bonds is 5. The van der Waals surface area contributed by atoms with Crippen molar-refractivity contribution in [3.05, 3.63) is 43.8 Å². The molecule has 2 unspecified atom stereocenters. The fourth-order valence-corrected chi connectivity index (χ4v) is 7.92. The van der Waals surface area contributed by atoms with Crippen LogP contribution in [0.25, 0.3) is 0 Å². The van der Waals surface area contributed by atoms with E-state index < -0.39 is 0 Å². The lowest BCUT2D eigenvalue weighted by Crippen LogP contribution is -2.38. The first-order valence-electron chi connectivity index (χ1n) is 8.48. The number of carbonyl (C=O) groups is 2. The molecule has 0 N–H and O–H groups in total. The number of thioether (sulfide) groups is 2. The van der Waals surface area contributed by atoms with Gasteiger partial charge in [-0.05, 0) is 38.1 Å². The number of amides is 2. The first-order chi connectivity index (χ1) is 12.5. The van der Waals surface area contributed by atoms with Gasteiger partial charge in [0.05, 0.1) is 11.5 Å². The van der Waals surface area contributed by atoms with Crippen LogP contribution < -0.4 is 0 Å². The van der Waals surface area contributed by atoms with E-state index in [2.05, 4.69) is 38.1 Å². The summed E-state index contributed by atoms with van der Waals surface area (Å²) in [7, 11) is 0. The summed E-state index contributed by atoms with van der Waals surface area (Å²) in [5.74, 6) is 1.40. The molecule has 4 heterocycles. The van der Waals surface area contributed by atoms with Crippen LogP contribution in [-0.2, 0) is 9.59 Å². The Labute approximate surface area is 169 Å². The van der Waals surface area contributed by atoms with E-state index in [4.69, 9.17) is 0 Å². The Kier molecular flexibility index (Phi) is 5.36. The average molecular weight is 425 g/mol. The van der Waals surface area contributed by atoms with Crippen LogP contribution in [0.2, 0.25) is 0 Å². The van der Waals surface area contributed by atoms with Crippen molar-refractivity contribution in [2.45, 2.75) is 24.6 Å². The molecule has 2 saturated heterocycles. The van der Waals surface area contributed by atoms with E-state index in [1.165, 1.54) is 19.5 Å². The lowest BCUT2D eigenvalue weighted by molar-refractivity contribution is -0.132. The van der Waals surface area contributed by atoms with Crippen molar-refractivity contribution in [3.8, 4) is 0 Å². The molecule has 0 bridgehead atoms. The Balaban J connectivity index is 1.47. The third-order valence-corrected chi connectivity index (χ3v) is 9.41. The highest BCUT2D eigenvalue weighted by Gasteiger charge is 2.37. The minimum atomic E-state index is 0.0917. The van der Waals surface area contributed by atoms with E-state index in [-0.39, 0.29) is 22.6 Å². The van der Waals surface area contributed by atoms with Crippen LogP contribution in [0.4, 0.5) is 0 Å². The van der Waals surface area contributed by atoms with Crippen LogP contribution in [0.5, 0.6) is 0 Å².